The summed E-state index contributed by atoms with van der Waals surface area (Å²) in [6.45, 7) is 6.75. The maximum absolute atomic E-state index is 12.9. The second-order valence-corrected chi connectivity index (χ2v) is 8.22. The predicted molar refractivity (Wildman–Crippen MR) is 113 cm³/mol. The summed E-state index contributed by atoms with van der Waals surface area (Å²) >= 11 is 0. The summed E-state index contributed by atoms with van der Waals surface area (Å²) < 4.78 is 13.0. The molecule has 0 aliphatic carbocycles. The van der Waals surface area contributed by atoms with Gasteiger partial charge in [0.25, 0.3) is 5.91 Å². The van der Waals surface area contributed by atoms with Gasteiger partial charge in [-0.3, -0.25) is 4.79 Å². The molecule has 3 heterocycles. The molecule has 1 unspecified atom stereocenters. The first kappa shape index (κ1) is 18.7. The van der Waals surface area contributed by atoms with E-state index in [0.29, 0.717) is 17.4 Å². The van der Waals surface area contributed by atoms with E-state index in [9.17, 15) is 4.79 Å². The van der Waals surface area contributed by atoms with Gasteiger partial charge in [-0.1, -0.05) is 45.0 Å². The van der Waals surface area contributed by atoms with Gasteiger partial charge in [0.2, 0.25) is 6.79 Å². The van der Waals surface area contributed by atoms with Crippen LogP contribution in [0.2, 0.25) is 0 Å². The smallest absolute Gasteiger partial charge is 0.272 e. The average Bonchev–Trinajstić information content (AvgIpc) is 3.43. The van der Waals surface area contributed by atoms with Crippen LogP contribution in [0.4, 0.5) is 0 Å². The molecule has 2 aliphatic heterocycles. The molecular weight excluding hydrogens is 378 g/mol. The molecule has 0 fully saturated rings. The summed E-state index contributed by atoms with van der Waals surface area (Å²) in [5.74, 6) is 1.74. The van der Waals surface area contributed by atoms with Crippen molar-refractivity contribution in [3.8, 4) is 17.2 Å². The van der Waals surface area contributed by atoms with E-state index in [1.165, 1.54) is 5.56 Å². The van der Waals surface area contributed by atoms with Crippen LogP contribution in [-0.4, -0.2) is 22.5 Å². The van der Waals surface area contributed by atoms with E-state index in [2.05, 4.69) is 38.2 Å². The fourth-order valence-corrected chi connectivity index (χ4v) is 4.35. The molecule has 2 aromatic carbocycles. The topological polar surface area (TPSA) is 65.4 Å². The van der Waals surface area contributed by atoms with E-state index < -0.39 is 0 Å². The highest BCUT2D eigenvalue weighted by atomic mass is 16.7. The molecule has 1 aromatic heterocycles. The molecule has 1 atom stereocenters. The van der Waals surface area contributed by atoms with Gasteiger partial charge in [-0.05, 0) is 48.1 Å². The number of para-hydroxylation sites is 1. The Morgan fingerprint density at radius 2 is 1.97 bits per heavy atom. The first-order valence-corrected chi connectivity index (χ1v) is 10.5. The second kappa shape index (κ2) is 7.20. The van der Waals surface area contributed by atoms with Gasteiger partial charge in [0.15, 0.2) is 17.2 Å². The lowest BCUT2D eigenvalue weighted by molar-refractivity contribution is 0.0955. The molecule has 0 bridgehead atoms. The van der Waals surface area contributed by atoms with E-state index >= 15 is 0 Å². The molecule has 3 aromatic rings. The van der Waals surface area contributed by atoms with Crippen molar-refractivity contribution in [2.45, 2.75) is 39.7 Å². The van der Waals surface area contributed by atoms with Crippen LogP contribution in [0.5, 0.6) is 11.5 Å². The molecule has 6 nitrogen and oxygen atoms in total. The zero-order valence-electron chi connectivity index (χ0n) is 17.4. The minimum atomic E-state index is -0.252. The number of nitrogens with zero attached hydrogens (tertiary/aromatic N) is 2. The number of hydrogen-bond acceptors (Lipinski definition) is 4. The zero-order chi connectivity index (χ0) is 20.8. The van der Waals surface area contributed by atoms with E-state index in [0.717, 1.165) is 41.1 Å². The van der Waals surface area contributed by atoms with Crippen LogP contribution in [-0.2, 0) is 12.8 Å². The van der Waals surface area contributed by atoms with E-state index in [4.69, 9.17) is 14.6 Å². The molecule has 154 valence electrons. The average molecular weight is 403 g/mol. The second-order valence-electron chi connectivity index (χ2n) is 8.22. The van der Waals surface area contributed by atoms with Gasteiger partial charge in [-0.15, -0.1) is 0 Å². The molecule has 6 heteroatoms. The Morgan fingerprint density at radius 1 is 1.17 bits per heavy atom. The number of nitrogens with one attached hydrogen (secondary N) is 1. The number of fused-ring (bicyclic) bond motifs is 2. The van der Waals surface area contributed by atoms with Crippen molar-refractivity contribution in [1.82, 2.24) is 15.1 Å². The molecule has 0 saturated carbocycles. The lowest BCUT2D eigenvalue weighted by Crippen LogP contribution is -2.23. The number of carbonyl (C=O) groups excluding carboxylic acids is 1. The summed E-state index contributed by atoms with van der Waals surface area (Å²) in [4.78, 5) is 12.9. The highest BCUT2D eigenvalue weighted by Crippen LogP contribution is 2.40. The summed E-state index contributed by atoms with van der Waals surface area (Å²) in [6.07, 6.45) is 1.73. The molecule has 1 amide bonds. The van der Waals surface area contributed by atoms with E-state index in [-0.39, 0.29) is 18.7 Å². The molecule has 5 rings (SSSR count). The van der Waals surface area contributed by atoms with Crippen molar-refractivity contribution in [1.29, 1.82) is 0 Å². The normalized spacial score (nSPS) is 16.8. The summed E-state index contributed by atoms with van der Waals surface area (Å²) in [6, 6.07) is 13.9. The Kier molecular flexibility index (Phi) is 4.50. The SMILES string of the molecule is CCc1ccccc1-n1nc2c(c1CC(C)C)C(c1ccc3c(c1)OCO3)NC2=O. The van der Waals surface area contributed by atoms with Gasteiger partial charge in [0, 0.05) is 5.56 Å². The van der Waals surface area contributed by atoms with Crippen molar-refractivity contribution < 1.29 is 14.3 Å². The van der Waals surface area contributed by atoms with Crippen LogP contribution >= 0.6 is 0 Å². The van der Waals surface area contributed by atoms with E-state index in [1.54, 1.807) is 0 Å². The fourth-order valence-electron chi connectivity index (χ4n) is 4.35. The van der Waals surface area contributed by atoms with Gasteiger partial charge in [0.1, 0.15) is 0 Å². The molecule has 1 N–H and O–H groups in total. The molecule has 0 saturated heterocycles. The highest BCUT2D eigenvalue weighted by molar-refractivity contribution is 5.98. The summed E-state index contributed by atoms with van der Waals surface area (Å²) in [5, 5.41) is 7.92. The van der Waals surface area contributed by atoms with Crippen LogP contribution < -0.4 is 14.8 Å². The number of rotatable bonds is 5. The number of aromatic nitrogens is 2. The van der Waals surface area contributed by atoms with Gasteiger partial charge < -0.3 is 14.8 Å². The third kappa shape index (κ3) is 2.95. The van der Waals surface area contributed by atoms with Crippen molar-refractivity contribution in [3.63, 3.8) is 0 Å². The Balaban J connectivity index is 1.68. The standard InChI is InChI=1S/C24H25N3O3/c1-4-15-7-5-6-8-17(15)27-18(11-14(2)3)21-22(25-24(28)23(21)26-27)16-9-10-19-20(12-16)30-13-29-19/h5-10,12,14,22H,4,11,13H2,1-3H3,(H,25,28). The number of aryl methyl sites for hydroxylation is 1. The van der Waals surface area contributed by atoms with Crippen molar-refractivity contribution in [2.75, 3.05) is 6.79 Å². The molecular formula is C24H25N3O3. The molecule has 30 heavy (non-hydrogen) atoms. The first-order valence-electron chi connectivity index (χ1n) is 10.5. The Hall–Kier alpha value is -3.28. The van der Waals surface area contributed by atoms with Crippen LogP contribution in [0, 0.1) is 5.92 Å². The van der Waals surface area contributed by atoms with Gasteiger partial charge in [-0.2, -0.15) is 5.10 Å². The van der Waals surface area contributed by atoms with Crippen LogP contribution in [0.3, 0.4) is 0 Å². The Bertz CT molecular complexity index is 1130. The van der Waals surface area contributed by atoms with Crippen LogP contribution in [0.1, 0.15) is 59.7 Å². The van der Waals surface area contributed by atoms with Crippen molar-refractivity contribution in [2.24, 2.45) is 5.92 Å². The van der Waals surface area contributed by atoms with Crippen LogP contribution in [0.25, 0.3) is 5.69 Å². The van der Waals surface area contributed by atoms with Gasteiger partial charge in [0.05, 0.1) is 17.4 Å². The van der Waals surface area contributed by atoms with Gasteiger partial charge >= 0.3 is 0 Å². The lowest BCUT2D eigenvalue weighted by atomic mass is 9.95. The largest absolute Gasteiger partial charge is 0.454 e. The van der Waals surface area contributed by atoms with Gasteiger partial charge in [-0.25, -0.2) is 4.68 Å². The fraction of sp³-hybridized carbons (Fsp3) is 0.333. The van der Waals surface area contributed by atoms with Crippen molar-refractivity contribution >= 4 is 5.91 Å². The lowest BCUT2D eigenvalue weighted by Gasteiger charge is -2.18. The third-order valence-corrected chi connectivity index (χ3v) is 5.73. The third-order valence-electron chi connectivity index (χ3n) is 5.73. The number of amides is 1. The minimum Gasteiger partial charge on any atom is -0.454 e. The zero-order valence-corrected chi connectivity index (χ0v) is 17.4. The maximum Gasteiger partial charge on any atom is 0.272 e. The molecule has 0 spiro atoms. The highest BCUT2D eigenvalue weighted by Gasteiger charge is 2.38. The summed E-state index contributed by atoms with van der Waals surface area (Å²) in [7, 11) is 0. The summed E-state index contributed by atoms with van der Waals surface area (Å²) in [5.41, 5.74) is 5.80. The van der Waals surface area contributed by atoms with Crippen LogP contribution in [0.15, 0.2) is 42.5 Å². The number of hydrogen-bond donors (Lipinski definition) is 1. The predicted octanol–water partition coefficient (Wildman–Crippen LogP) is 4.19. The monoisotopic (exact) mass is 403 g/mol. The number of benzene rings is 2. The molecule has 2 aliphatic rings. The Labute approximate surface area is 175 Å². The van der Waals surface area contributed by atoms with Crippen molar-refractivity contribution in [3.05, 3.63) is 70.5 Å². The quantitative estimate of drug-likeness (QED) is 0.694. The molecule has 0 radical (unpaired) electrons. The number of ether oxygens (including phenoxy) is 2. The maximum atomic E-state index is 12.9. The first-order chi connectivity index (χ1) is 14.6. The minimum absolute atomic E-state index is 0.134. The number of carbonyl (C=O) groups is 1. The Morgan fingerprint density at radius 3 is 2.77 bits per heavy atom. The van der Waals surface area contributed by atoms with E-state index in [1.807, 2.05) is 35.0 Å².